The van der Waals surface area contributed by atoms with E-state index in [1.165, 1.54) is 0 Å². The summed E-state index contributed by atoms with van der Waals surface area (Å²) >= 11 is 0. The zero-order valence-electron chi connectivity index (χ0n) is 11.7. The van der Waals surface area contributed by atoms with Gasteiger partial charge in [-0.05, 0) is 33.1 Å². The van der Waals surface area contributed by atoms with E-state index in [4.69, 9.17) is 10.5 Å². The Morgan fingerprint density at radius 3 is 2.59 bits per heavy atom. The fourth-order valence-electron chi connectivity index (χ4n) is 2.46. The van der Waals surface area contributed by atoms with Gasteiger partial charge < -0.3 is 15.4 Å². The Bertz CT molecular complexity index is 277. The first-order chi connectivity index (χ1) is 7.71. The maximum absolute atomic E-state index is 12.2. The van der Waals surface area contributed by atoms with Gasteiger partial charge >= 0.3 is 0 Å². The molecule has 100 valence electrons. The lowest BCUT2D eigenvalue weighted by atomic mass is 10.0. The van der Waals surface area contributed by atoms with Gasteiger partial charge in [-0.25, -0.2) is 0 Å². The normalized spacial score (nSPS) is 26.1. The molecule has 4 heteroatoms. The van der Waals surface area contributed by atoms with Crippen LogP contribution in [0.5, 0.6) is 0 Å². The summed E-state index contributed by atoms with van der Waals surface area (Å²) in [7, 11) is 0. The van der Waals surface area contributed by atoms with E-state index in [1.807, 2.05) is 25.7 Å². The molecule has 0 radical (unpaired) electrons. The number of nitrogens with two attached hydrogens (primary N) is 1. The molecule has 1 aliphatic rings. The molecule has 0 spiro atoms. The molecule has 1 fully saturated rings. The van der Waals surface area contributed by atoms with Crippen molar-refractivity contribution in [3.8, 4) is 0 Å². The fourth-order valence-corrected chi connectivity index (χ4v) is 2.46. The molecule has 0 aromatic heterocycles. The fraction of sp³-hybridized carbons (Fsp3) is 0.923. The average molecular weight is 242 g/mol. The lowest BCUT2D eigenvalue weighted by Gasteiger charge is -2.42. The minimum absolute atomic E-state index is 0.0573. The highest BCUT2D eigenvalue weighted by Gasteiger charge is 2.35. The van der Waals surface area contributed by atoms with Gasteiger partial charge in [-0.3, -0.25) is 4.79 Å². The summed E-state index contributed by atoms with van der Waals surface area (Å²) in [6, 6.07) is -0.379. The Kier molecular flexibility index (Phi) is 4.55. The van der Waals surface area contributed by atoms with Gasteiger partial charge in [-0.1, -0.05) is 13.8 Å². The van der Waals surface area contributed by atoms with Crippen molar-refractivity contribution < 1.29 is 9.53 Å². The van der Waals surface area contributed by atoms with Crippen molar-refractivity contribution in [2.24, 2.45) is 11.7 Å². The van der Waals surface area contributed by atoms with Crippen LogP contribution in [0, 0.1) is 5.92 Å². The predicted molar refractivity (Wildman–Crippen MR) is 68.6 cm³/mol. The largest absolute Gasteiger partial charge is 0.369 e. The number of nitrogens with zero attached hydrogens (tertiary/aromatic N) is 1. The number of morpholine rings is 1. The summed E-state index contributed by atoms with van der Waals surface area (Å²) in [6.45, 7) is 11.5. The summed E-state index contributed by atoms with van der Waals surface area (Å²) in [4.78, 5) is 14.1. The number of amides is 1. The van der Waals surface area contributed by atoms with Gasteiger partial charge in [0, 0.05) is 13.1 Å². The minimum Gasteiger partial charge on any atom is -0.369 e. The third-order valence-electron chi connectivity index (χ3n) is 2.92. The van der Waals surface area contributed by atoms with E-state index in [0.717, 1.165) is 6.42 Å². The van der Waals surface area contributed by atoms with Crippen molar-refractivity contribution in [1.29, 1.82) is 0 Å². The van der Waals surface area contributed by atoms with Gasteiger partial charge in [0.1, 0.15) is 0 Å². The monoisotopic (exact) mass is 242 g/mol. The van der Waals surface area contributed by atoms with E-state index < -0.39 is 0 Å². The molecule has 4 nitrogen and oxygen atoms in total. The second kappa shape index (κ2) is 5.36. The van der Waals surface area contributed by atoms with Crippen molar-refractivity contribution in [2.75, 3.05) is 13.1 Å². The number of rotatable bonds is 3. The smallest absolute Gasteiger partial charge is 0.239 e. The van der Waals surface area contributed by atoms with Crippen molar-refractivity contribution in [1.82, 2.24) is 4.90 Å². The molecule has 0 bridgehead atoms. The quantitative estimate of drug-likeness (QED) is 0.813. The highest BCUT2D eigenvalue weighted by atomic mass is 16.5. The van der Waals surface area contributed by atoms with Gasteiger partial charge in [0.05, 0.1) is 17.7 Å². The zero-order valence-corrected chi connectivity index (χ0v) is 11.7. The van der Waals surface area contributed by atoms with Crippen molar-refractivity contribution in [3.05, 3.63) is 0 Å². The standard InChI is InChI=1S/C13H26N2O2/c1-9(2)6-11(14)12(16)15-7-10(3)17-13(4,5)8-15/h9-11H,6-8,14H2,1-5H3. The summed E-state index contributed by atoms with van der Waals surface area (Å²) in [5, 5.41) is 0. The number of hydrogen-bond acceptors (Lipinski definition) is 3. The number of hydrogen-bond donors (Lipinski definition) is 1. The molecule has 1 rings (SSSR count). The Morgan fingerprint density at radius 2 is 2.12 bits per heavy atom. The van der Waals surface area contributed by atoms with Crippen LogP contribution in [0.2, 0.25) is 0 Å². The Labute approximate surface area is 104 Å². The SMILES string of the molecule is CC(C)CC(N)C(=O)N1CC(C)OC(C)(C)C1. The molecule has 17 heavy (non-hydrogen) atoms. The van der Waals surface area contributed by atoms with E-state index in [1.54, 1.807) is 0 Å². The van der Waals surface area contributed by atoms with Crippen molar-refractivity contribution in [2.45, 2.75) is 58.8 Å². The third-order valence-corrected chi connectivity index (χ3v) is 2.92. The average Bonchev–Trinajstić information content (AvgIpc) is 2.12. The molecule has 2 unspecified atom stereocenters. The molecular weight excluding hydrogens is 216 g/mol. The molecule has 1 saturated heterocycles. The molecule has 1 aliphatic heterocycles. The molecule has 0 aromatic rings. The van der Waals surface area contributed by atoms with E-state index in [-0.39, 0.29) is 23.7 Å². The maximum atomic E-state index is 12.2. The molecular formula is C13H26N2O2. The van der Waals surface area contributed by atoms with Crippen LogP contribution in [0.25, 0.3) is 0 Å². The third kappa shape index (κ3) is 4.28. The topological polar surface area (TPSA) is 55.6 Å². The lowest BCUT2D eigenvalue weighted by Crippen LogP contribution is -2.57. The second-order valence-electron chi connectivity index (χ2n) is 6.14. The second-order valence-corrected chi connectivity index (χ2v) is 6.14. The Hall–Kier alpha value is -0.610. The zero-order chi connectivity index (χ0) is 13.2. The van der Waals surface area contributed by atoms with E-state index in [0.29, 0.717) is 19.0 Å². The highest BCUT2D eigenvalue weighted by Crippen LogP contribution is 2.21. The van der Waals surface area contributed by atoms with Crippen LogP contribution in [0.15, 0.2) is 0 Å². The van der Waals surface area contributed by atoms with Gasteiger partial charge in [0.15, 0.2) is 0 Å². The number of ether oxygens (including phenoxy) is 1. The molecule has 1 heterocycles. The van der Waals surface area contributed by atoms with Crippen molar-refractivity contribution >= 4 is 5.91 Å². The van der Waals surface area contributed by atoms with E-state index >= 15 is 0 Å². The predicted octanol–water partition coefficient (Wildman–Crippen LogP) is 1.39. The molecule has 2 atom stereocenters. The van der Waals surface area contributed by atoms with Crippen LogP contribution >= 0.6 is 0 Å². The Morgan fingerprint density at radius 1 is 1.53 bits per heavy atom. The summed E-state index contributed by atoms with van der Waals surface area (Å²) in [5.74, 6) is 0.502. The van der Waals surface area contributed by atoms with Crippen LogP contribution in [-0.2, 0) is 9.53 Å². The van der Waals surface area contributed by atoms with Gasteiger partial charge in [-0.2, -0.15) is 0 Å². The number of carbonyl (C=O) groups is 1. The van der Waals surface area contributed by atoms with Crippen LogP contribution in [0.4, 0.5) is 0 Å². The first kappa shape index (κ1) is 14.5. The van der Waals surface area contributed by atoms with Crippen molar-refractivity contribution in [3.63, 3.8) is 0 Å². The van der Waals surface area contributed by atoms with Gasteiger partial charge in [-0.15, -0.1) is 0 Å². The summed E-state index contributed by atoms with van der Waals surface area (Å²) in [5.41, 5.74) is 5.68. The van der Waals surface area contributed by atoms with Gasteiger partial charge in [0.2, 0.25) is 5.91 Å². The first-order valence-electron chi connectivity index (χ1n) is 6.43. The molecule has 1 amide bonds. The summed E-state index contributed by atoms with van der Waals surface area (Å²) < 4.78 is 5.78. The molecule has 2 N–H and O–H groups in total. The lowest BCUT2D eigenvalue weighted by molar-refractivity contribution is -0.159. The number of carbonyl (C=O) groups excluding carboxylic acids is 1. The maximum Gasteiger partial charge on any atom is 0.239 e. The van der Waals surface area contributed by atoms with Crippen LogP contribution < -0.4 is 5.73 Å². The molecule has 0 aliphatic carbocycles. The minimum atomic E-state index is -0.379. The molecule has 0 aromatic carbocycles. The highest BCUT2D eigenvalue weighted by molar-refractivity contribution is 5.81. The van der Waals surface area contributed by atoms with Crippen LogP contribution in [0.1, 0.15) is 41.0 Å². The van der Waals surface area contributed by atoms with Crippen LogP contribution in [0.3, 0.4) is 0 Å². The van der Waals surface area contributed by atoms with E-state index in [2.05, 4.69) is 13.8 Å². The summed E-state index contributed by atoms with van der Waals surface area (Å²) in [6.07, 6.45) is 0.819. The Balaban J connectivity index is 2.62. The van der Waals surface area contributed by atoms with E-state index in [9.17, 15) is 4.79 Å². The van der Waals surface area contributed by atoms with Gasteiger partial charge in [0.25, 0.3) is 0 Å². The van der Waals surface area contributed by atoms with Crippen LogP contribution in [-0.4, -0.2) is 41.6 Å². The first-order valence-corrected chi connectivity index (χ1v) is 6.43. The molecule has 0 saturated carbocycles.